The maximum atomic E-state index is 13.1. The zero-order valence-corrected chi connectivity index (χ0v) is 28.4. The summed E-state index contributed by atoms with van der Waals surface area (Å²) in [6.45, 7) is 14.7. The van der Waals surface area contributed by atoms with E-state index >= 15 is 0 Å². The number of nitrogens with two attached hydrogens (primary N) is 2. The first-order valence-electron chi connectivity index (χ1n) is 15.3. The SMILES string of the molecule is C1CCNC1.C=Nc1cc(OC)ccc1C(=NCCC(N)F)NC1CCN(CCCNC)CC1.CC.CF.CN.COC. The summed E-state index contributed by atoms with van der Waals surface area (Å²) in [6, 6.07) is 5.92. The van der Waals surface area contributed by atoms with E-state index in [1.165, 1.54) is 33.0 Å². The Morgan fingerprint density at radius 1 is 1.14 bits per heavy atom. The molecular formula is C31H64F2N8O2. The molecule has 1 aromatic carbocycles. The van der Waals surface area contributed by atoms with E-state index in [9.17, 15) is 8.78 Å². The minimum absolute atomic E-state index is 0.183. The molecule has 0 amide bonds. The molecule has 0 radical (unpaired) electrons. The first-order chi connectivity index (χ1) is 21.0. The number of benzene rings is 1. The molecule has 1 atom stereocenters. The van der Waals surface area contributed by atoms with Crippen molar-refractivity contribution in [3.05, 3.63) is 23.8 Å². The molecular weight excluding hydrogens is 554 g/mol. The Bertz CT molecular complexity index is 754. The number of methoxy groups -OCH3 is 2. The van der Waals surface area contributed by atoms with Crippen LogP contribution in [-0.4, -0.2) is 118 Å². The predicted molar refractivity (Wildman–Crippen MR) is 182 cm³/mol. The van der Waals surface area contributed by atoms with Gasteiger partial charge in [0, 0.05) is 57.9 Å². The Kier molecular flexibility index (Phi) is 36.0. The van der Waals surface area contributed by atoms with E-state index in [1.54, 1.807) is 21.3 Å². The van der Waals surface area contributed by atoms with E-state index in [1.807, 2.05) is 39.1 Å². The smallest absolute Gasteiger partial charge is 0.150 e. The molecule has 2 saturated heterocycles. The number of piperidine rings is 1. The number of hydrogen-bond donors (Lipinski definition) is 5. The van der Waals surface area contributed by atoms with Crippen molar-refractivity contribution >= 4 is 18.2 Å². The fourth-order valence-electron chi connectivity index (χ4n) is 4.08. The number of alkyl halides is 2. The number of likely N-dealkylation sites (tertiary alicyclic amines) is 1. The van der Waals surface area contributed by atoms with Crippen LogP contribution in [0.5, 0.6) is 5.75 Å². The van der Waals surface area contributed by atoms with Crippen LogP contribution in [0.2, 0.25) is 0 Å². The Hall–Kier alpha value is -2.22. The van der Waals surface area contributed by atoms with Gasteiger partial charge in [-0.2, -0.15) is 0 Å². The maximum Gasteiger partial charge on any atom is 0.150 e. The van der Waals surface area contributed by atoms with Crippen LogP contribution in [0.4, 0.5) is 14.5 Å². The first-order valence-corrected chi connectivity index (χ1v) is 15.3. The van der Waals surface area contributed by atoms with Gasteiger partial charge in [-0.3, -0.25) is 14.4 Å². The van der Waals surface area contributed by atoms with Crippen molar-refractivity contribution in [1.29, 1.82) is 0 Å². The van der Waals surface area contributed by atoms with E-state index < -0.39 is 6.30 Å². The van der Waals surface area contributed by atoms with Crippen molar-refractivity contribution in [3.8, 4) is 5.75 Å². The Morgan fingerprint density at radius 3 is 2.16 bits per heavy atom. The molecule has 0 spiro atoms. The molecule has 1 unspecified atom stereocenters. The van der Waals surface area contributed by atoms with Crippen molar-refractivity contribution in [1.82, 2.24) is 20.9 Å². The van der Waals surface area contributed by atoms with Crippen LogP contribution in [0.3, 0.4) is 0 Å². The normalized spacial score (nSPS) is 15.2. The van der Waals surface area contributed by atoms with Crippen molar-refractivity contribution in [2.75, 3.05) is 88.4 Å². The molecule has 0 aliphatic carbocycles. The van der Waals surface area contributed by atoms with Crippen molar-refractivity contribution in [2.24, 2.45) is 21.5 Å². The lowest BCUT2D eigenvalue weighted by molar-refractivity contribution is 0.204. The molecule has 3 rings (SSSR count). The third kappa shape index (κ3) is 23.9. The zero-order chi connectivity index (χ0) is 33.3. The third-order valence-corrected chi connectivity index (χ3v) is 6.09. The van der Waals surface area contributed by atoms with E-state index in [0.29, 0.717) is 37.0 Å². The quantitative estimate of drug-likeness (QED) is 0.109. The number of rotatable bonds is 11. The minimum Gasteiger partial charge on any atom is -0.497 e. The van der Waals surface area contributed by atoms with Gasteiger partial charge in [0.1, 0.15) is 17.9 Å². The topological polar surface area (TPSA) is 135 Å². The van der Waals surface area contributed by atoms with E-state index in [0.717, 1.165) is 51.0 Å². The van der Waals surface area contributed by atoms with Crippen LogP contribution in [0.1, 0.15) is 57.9 Å². The highest BCUT2D eigenvalue weighted by Crippen LogP contribution is 2.26. The van der Waals surface area contributed by atoms with Crippen LogP contribution in [-0.2, 0) is 4.74 Å². The summed E-state index contributed by atoms with van der Waals surface area (Å²) in [7, 11) is 8.85. The molecule has 2 aliphatic rings. The Morgan fingerprint density at radius 2 is 1.72 bits per heavy atom. The molecule has 254 valence electrons. The Labute approximate surface area is 261 Å². The highest BCUT2D eigenvalue weighted by molar-refractivity contribution is 6.03. The average molecular weight is 619 g/mol. The summed E-state index contributed by atoms with van der Waals surface area (Å²) in [5.74, 6) is 1.42. The second kappa shape index (κ2) is 34.3. The van der Waals surface area contributed by atoms with Crippen molar-refractivity contribution in [2.45, 2.75) is 64.7 Å². The molecule has 0 bridgehead atoms. The predicted octanol–water partition coefficient (Wildman–Crippen LogP) is 3.90. The lowest BCUT2D eigenvalue weighted by Gasteiger charge is -2.33. The van der Waals surface area contributed by atoms with Gasteiger partial charge in [-0.1, -0.05) is 13.8 Å². The third-order valence-electron chi connectivity index (χ3n) is 6.09. The highest BCUT2D eigenvalue weighted by Gasteiger charge is 2.21. The molecule has 7 N–H and O–H groups in total. The average Bonchev–Trinajstić information content (AvgIpc) is 3.65. The number of nitrogens with one attached hydrogen (secondary N) is 3. The summed E-state index contributed by atoms with van der Waals surface area (Å²) in [5, 5.41) is 9.98. The number of hydrogen-bond acceptors (Lipinski definition) is 9. The summed E-state index contributed by atoms with van der Waals surface area (Å²) in [6.07, 6.45) is 4.82. The standard InChI is InChI=1S/C21H35FN6O.C4H9N.C2H6O.C2H6.CH3F.CH5N/c1-24-10-4-12-28-13-8-16(9-14-28)27-21(26-11-7-20(22)23)18-6-5-17(29-3)15-19(18)25-2;1-2-4-5-3-1;1-3-2;3*1-2/h5-6,15-16,20,24H,2,4,7-14,23H2,1,3H3,(H,26,27);5H,1-4H2;1-2H3;1-2H3;1H3;2H2,1H3. The summed E-state index contributed by atoms with van der Waals surface area (Å²) < 4.78 is 32.1. The number of nitrogens with zero attached hydrogens (tertiary/aromatic N) is 3. The van der Waals surface area contributed by atoms with E-state index in [2.05, 4.69) is 48.0 Å². The van der Waals surface area contributed by atoms with Gasteiger partial charge in [0.05, 0.1) is 20.0 Å². The fraction of sp³-hybridized carbons (Fsp3) is 0.742. The largest absolute Gasteiger partial charge is 0.497 e. The Balaban J connectivity index is -0.000000959. The highest BCUT2D eigenvalue weighted by atomic mass is 19.1. The van der Waals surface area contributed by atoms with E-state index in [-0.39, 0.29) is 6.42 Å². The zero-order valence-electron chi connectivity index (χ0n) is 28.4. The second-order valence-corrected chi connectivity index (χ2v) is 9.16. The van der Waals surface area contributed by atoms with Crippen LogP contribution in [0, 0.1) is 0 Å². The maximum absolute atomic E-state index is 13.1. The molecule has 2 heterocycles. The van der Waals surface area contributed by atoms with Gasteiger partial charge >= 0.3 is 0 Å². The first kappa shape index (κ1) is 45.2. The lowest BCUT2D eigenvalue weighted by atomic mass is 10.0. The number of aliphatic imine (C=N–C) groups is 2. The molecule has 10 nitrogen and oxygen atoms in total. The van der Waals surface area contributed by atoms with Gasteiger partial charge in [0.2, 0.25) is 0 Å². The van der Waals surface area contributed by atoms with Crippen LogP contribution >= 0.6 is 0 Å². The van der Waals surface area contributed by atoms with Crippen LogP contribution < -0.4 is 32.2 Å². The molecule has 0 saturated carbocycles. The van der Waals surface area contributed by atoms with Gasteiger partial charge in [-0.05, 0) is 91.2 Å². The van der Waals surface area contributed by atoms with Gasteiger partial charge in [-0.15, -0.1) is 0 Å². The minimum atomic E-state index is -1.37. The van der Waals surface area contributed by atoms with Gasteiger partial charge < -0.3 is 41.8 Å². The van der Waals surface area contributed by atoms with Crippen LogP contribution in [0.25, 0.3) is 0 Å². The van der Waals surface area contributed by atoms with Gasteiger partial charge in [0.25, 0.3) is 0 Å². The summed E-state index contributed by atoms with van der Waals surface area (Å²) >= 11 is 0. The summed E-state index contributed by atoms with van der Waals surface area (Å²) in [4.78, 5) is 11.2. The van der Waals surface area contributed by atoms with Crippen LogP contribution in [0.15, 0.2) is 28.2 Å². The molecule has 12 heteroatoms. The van der Waals surface area contributed by atoms with Crippen molar-refractivity contribution in [3.63, 3.8) is 0 Å². The van der Waals surface area contributed by atoms with Gasteiger partial charge in [-0.25, -0.2) is 4.39 Å². The molecule has 1 aromatic rings. The molecule has 0 aromatic heterocycles. The second-order valence-electron chi connectivity index (χ2n) is 9.16. The summed E-state index contributed by atoms with van der Waals surface area (Å²) in [5.41, 5.74) is 11.3. The molecule has 43 heavy (non-hydrogen) atoms. The number of ether oxygens (including phenoxy) is 2. The number of amidine groups is 1. The van der Waals surface area contributed by atoms with E-state index in [4.69, 9.17) is 10.5 Å². The monoisotopic (exact) mass is 619 g/mol. The van der Waals surface area contributed by atoms with Crippen molar-refractivity contribution < 1.29 is 18.3 Å². The number of halogens is 2. The lowest BCUT2D eigenvalue weighted by Crippen LogP contribution is -2.45. The van der Waals surface area contributed by atoms with Gasteiger partial charge in [0.15, 0.2) is 0 Å². The molecule has 2 aliphatic heterocycles. The fourth-order valence-corrected chi connectivity index (χ4v) is 4.08. The molecule has 2 fully saturated rings.